The molecular formula is C6H14ClNaO3S. The van der Waals surface area contributed by atoms with Crippen LogP contribution in [0, 0.1) is 0 Å². The van der Waals surface area contributed by atoms with Crippen molar-refractivity contribution < 1.29 is 54.9 Å². The van der Waals surface area contributed by atoms with E-state index in [9.17, 15) is 8.42 Å². The monoisotopic (exact) mass is 224 g/mol. The molecule has 0 aromatic carbocycles. The molecule has 0 heterocycles. The van der Waals surface area contributed by atoms with Gasteiger partial charge in [0.1, 0.15) is 0 Å². The molecule has 0 radical (unpaired) electrons. The molecule has 3 nitrogen and oxygen atoms in total. The molecule has 6 heteroatoms. The van der Waals surface area contributed by atoms with Gasteiger partial charge in [0.15, 0.2) is 0 Å². The molecule has 12 heavy (non-hydrogen) atoms. The summed E-state index contributed by atoms with van der Waals surface area (Å²) in [5.41, 5.74) is 0. The Balaban J connectivity index is -0.000000405. The zero-order valence-electron chi connectivity index (χ0n) is 7.59. The molecular weight excluding hydrogens is 211 g/mol. The molecule has 0 bridgehead atoms. The van der Waals surface area contributed by atoms with E-state index < -0.39 is 10.1 Å². The number of hydrogen-bond donors (Lipinski definition) is 1. The van der Waals surface area contributed by atoms with Crippen molar-refractivity contribution in [1.29, 1.82) is 0 Å². The Morgan fingerprint density at radius 3 is 2.00 bits per heavy atom. The SMILES string of the molecule is CCCCCCS(=O)(=O)O.[Cl-].[Na+]. The summed E-state index contributed by atoms with van der Waals surface area (Å²) in [6.45, 7) is 2.05. The van der Waals surface area contributed by atoms with Crippen LogP contribution in [-0.2, 0) is 10.1 Å². The van der Waals surface area contributed by atoms with Gasteiger partial charge in [-0.3, -0.25) is 4.55 Å². The minimum absolute atomic E-state index is 0. The quantitative estimate of drug-likeness (QED) is 0.291. The fourth-order valence-corrected chi connectivity index (χ4v) is 1.28. The zero-order valence-corrected chi connectivity index (χ0v) is 11.2. The molecule has 0 aliphatic rings. The zero-order chi connectivity index (χ0) is 8.04. The fraction of sp³-hybridized carbons (Fsp3) is 1.00. The first-order valence-electron chi connectivity index (χ1n) is 3.51. The van der Waals surface area contributed by atoms with Crippen LogP contribution in [-0.4, -0.2) is 18.7 Å². The van der Waals surface area contributed by atoms with Gasteiger partial charge in [-0.15, -0.1) is 0 Å². The second-order valence-corrected chi connectivity index (χ2v) is 3.92. The van der Waals surface area contributed by atoms with Crippen LogP contribution in [0.3, 0.4) is 0 Å². The molecule has 70 valence electrons. The summed E-state index contributed by atoms with van der Waals surface area (Å²) in [4.78, 5) is 0. The standard InChI is InChI=1S/C6H14O3S.ClH.Na/c1-2-3-4-5-6-10(7,8)9;;/h2-6H2,1H3,(H,7,8,9);1H;/q;;+1/p-1. The Bertz CT molecular complexity index is 170. The summed E-state index contributed by atoms with van der Waals surface area (Å²) in [6.07, 6.45) is 3.57. The van der Waals surface area contributed by atoms with Crippen LogP contribution in [0.25, 0.3) is 0 Å². The average molecular weight is 225 g/mol. The molecule has 0 aliphatic carbocycles. The van der Waals surface area contributed by atoms with Gasteiger partial charge in [0.05, 0.1) is 5.75 Å². The van der Waals surface area contributed by atoms with Crippen LogP contribution in [0.2, 0.25) is 0 Å². The summed E-state index contributed by atoms with van der Waals surface area (Å²) in [6, 6.07) is 0. The topological polar surface area (TPSA) is 54.4 Å². The van der Waals surface area contributed by atoms with Crippen molar-refractivity contribution in [2.24, 2.45) is 0 Å². The van der Waals surface area contributed by atoms with Crippen molar-refractivity contribution in [3.63, 3.8) is 0 Å². The van der Waals surface area contributed by atoms with Gasteiger partial charge in [-0.05, 0) is 6.42 Å². The van der Waals surface area contributed by atoms with Crippen molar-refractivity contribution >= 4 is 10.1 Å². The Kier molecular flexibility index (Phi) is 16.2. The van der Waals surface area contributed by atoms with Crippen molar-refractivity contribution in [3.8, 4) is 0 Å². The number of unbranched alkanes of at least 4 members (excludes halogenated alkanes) is 3. The summed E-state index contributed by atoms with van der Waals surface area (Å²) in [5, 5.41) is 0. The van der Waals surface area contributed by atoms with E-state index in [1.54, 1.807) is 0 Å². The Labute approximate surface area is 103 Å². The van der Waals surface area contributed by atoms with E-state index in [1.165, 1.54) is 0 Å². The van der Waals surface area contributed by atoms with Crippen LogP contribution in [0.5, 0.6) is 0 Å². The first-order valence-corrected chi connectivity index (χ1v) is 5.12. The minimum Gasteiger partial charge on any atom is -1.00 e. The molecule has 1 N–H and O–H groups in total. The second kappa shape index (κ2) is 10.3. The van der Waals surface area contributed by atoms with Crippen LogP contribution >= 0.6 is 0 Å². The number of rotatable bonds is 5. The third kappa shape index (κ3) is 17.3. The van der Waals surface area contributed by atoms with Gasteiger partial charge in [0.25, 0.3) is 10.1 Å². The van der Waals surface area contributed by atoms with Gasteiger partial charge in [0.2, 0.25) is 0 Å². The summed E-state index contributed by atoms with van der Waals surface area (Å²) in [7, 11) is -3.70. The van der Waals surface area contributed by atoms with Crippen LogP contribution in [0.4, 0.5) is 0 Å². The normalized spacial score (nSPS) is 9.83. The maximum absolute atomic E-state index is 10.1. The molecule has 0 saturated carbocycles. The third-order valence-corrected chi connectivity index (χ3v) is 2.06. The number of halogens is 1. The summed E-state index contributed by atoms with van der Waals surface area (Å²) < 4.78 is 28.6. The van der Waals surface area contributed by atoms with Crippen molar-refractivity contribution in [2.75, 3.05) is 5.75 Å². The first kappa shape index (κ1) is 18.9. The molecule has 0 aliphatic heterocycles. The number of hydrogen-bond acceptors (Lipinski definition) is 2. The molecule has 0 aromatic heterocycles. The molecule has 0 saturated heterocycles. The van der Waals surface area contributed by atoms with Crippen molar-refractivity contribution in [1.82, 2.24) is 0 Å². The van der Waals surface area contributed by atoms with Crippen LogP contribution < -0.4 is 42.0 Å². The van der Waals surface area contributed by atoms with Gasteiger partial charge in [-0.25, -0.2) is 0 Å². The van der Waals surface area contributed by atoms with E-state index in [2.05, 4.69) is 0 Å². The molecule has 0 amide bonds. The minimum atomic E-state index is -3.70. The van der Waals surface area contributed by atoms with E-state index in [4.69, 9.17) is 4.55 Å². The molecule has 0 aromatic rings. The first-order chi connectivity index (χ1) is 4.56. The third-order valence-electron chi connectivity index (χ3n) is 1.26. The van der Waals surface area contributed by atoms with E-state index in [0.29, 0.717) is 6.42 Å². The predicted octanol–water partition coefficient (Wildman–Crippen LogP) is -4.54. The second-order valence-electron chi connectivity index (χ2n) is 2.35. The predicted molar refractivity (Wildman–Crippen MR) is 40.6 cm³/mol. The Hall–Kier alpha value is 1.20. The van der Waals surface area contributed by atoms with E-state index in [1.807, 2.05) is 6.92 Å². The molecule has 0 rings (SSSR count). The van der Waals surface area contributed by atoms with E-state index in [0.717, 1.165) is 19.3 Å². The van der Waals surface area contributed by atoms with Gasteiger partial charge in [0, 0.05) is 0 Å². The molecule has 0 spiro atoms. The van der Waals surface area contributed by atoms with E-state index in [-0.39, 0.29) is 47.7 Å². The smallest absolute Gasteiger partial charge is 1.00 e. The van der Waals surface area contributed by atoms with Crippen molar-refractivity contribution in [2.45, 2.75) is 32.6 Å². The maximum Gasteiger partial charge on any atom is 1.00 e. The molecule has 0 atom stereocenters. The Morgan fingerprint density at radius 2 is 1.67 bits per heavy atom. The van der Waals surface area contributed by atoms with Crippen LogP contribution in [0.1, 0.15) is 32.6 Å². The summed E-state index contributed by atoms with van der Waals surface area (Å²) >= 11 is 0. The fourth-order valence-electron chi connectivity index (χ4n) is 0.711. The average Bonchev–Trinajstić information content (AvgIpc) is 1.78. The van der Waals surface area contributed by atoms with Gasteiger partial charge in [-0.2, -0.15) is 8.42 Å². The van der Waals surface area contributed by atoms with Gasteiger partial charge < -0.3 is 12.4 Å². The summed E-state index contributed by atoms with van der Waals surface area (Å²) in [5.74, 6) is -0.0903. The maximum atomic E-state index is 10.1. The van der Waals surface area contributed by atoms with Crippen molar-refractivity contribution in [3.05, 3.63) is 0 Å². The van der Waals surface area contributed by atoms with E-state index >= 15 is 0 Å². The molecule has 0 fully saturated rings. The van der Waals surface area contributed by atoms with Gasteiger partial charge in [-0.1, -0.05) is 26.2 Å². The molecule has 0 unspecified atom stereocenters. The Morgan fingerprint density at radius 1 is 1.17 bits per heavy atom. The van der Waals surface area contributed by atoms with Gasteiger partial charge >= 0.3 is 29.6 Å². The van der Waals surface area contributed by atoms with Crippen LogP contribution in [0.15, 0.2) is 0 Å². The largest absolute Gasteiger partial charge is 1.00 e.